The third-order valence-electron chi connectivity index (χ3n) is 2.92. The lowest BCUT2D eigenvalue weighted by atomic mass is 9.97. The smallest absolute Gasteiger partial charge is 0.137 e. The van der Waals surface area contributed by atoms with Crippen LogP contribution >= 0.6 is 22.9 Å². The van der Waals surface area contributed by atoms with Gasteiger partial charge in [-0.05, 0) is 36.8 Å². The Morgan fingerprint density at radius 3 is 2.61 bits per heavy atom. The van der Waals surface area contributed by atoms with E-state index in [0.717, 1.165) is 5.56 Å². The fraction of sp³-hybridized carbons (Fsp3) is 0.286. The van der Waals surface area contributed by atoms with Gasteiger partial charge >= 0.3 is 0 Å². The average Bonchev–Trinajstić information content (AvgIpc) is 2.77. The monoisotopic (exact) mass is 281 g/mol. The van der Waals surface area contributed by atoms with Crippen LogP contribution < -0.4 is 10.5 Å². The molecule has 0 fully saturated rings. The Labute approximate surface area is 116 Å². The molecule has 1 aromatic heterocycles. The summed E-state index contributed by atoms with van der Waals surface area (Å²) in [5.74, 6) is 0.894. The number of aryl methyl sites for hydroxylation is 1. The van der Waals surface area contributed by atoms with Crippen LogP contribution in [0.25, 0.3) is 0 Å². The van der Waals surface area contributed by atoms with Gasteiger partial charge < -0.3 is 10.5 Å². The lowest BCUT2D eigenvalue weighted by molar-refractivity contribution is 0.415. The molecule has 1 unspecified atom stereocenters. The van der Waals surface area contributed by atoms with Crippen LogP contribution in [0.15, 0.2) is 30.3 Å². The molecule has 2 rings (SSSR count). The van der Waals surface area contributed by atoms with Gasteiger partial charge in [-0.3, -0.25) is 0 Å². The fourth-order valence-electron chi connectivity index (χ4n) is 1.96. The lowest BCUT2D eigenvalue weighted by Crippen LogP contribution is -2.12. The molecule has 2 N–H and O–H groups in total. The molecule has 0 aliphatic heterocycles. The molecule has 0 bridgehead atoms. The predicted molar refractivity (Wildman–Crippen MR) is 78.0 cm³/mol. The Bertz CT molecular complexity index is 538. The Morgan fingerprint density at radius 2 is 2.11 bits per heavy atom. The molecule has 0 aliphatic rings. The number of halogens is 1. The van der Waals surface area contributed by atoms with E-state index < -0.39 is 0 Å². The number of hydrogen-bond donors (Lipinski definition) is 1. The van der Waals surface area contributed by atoms with Crippen molar-refractivity contribution in [1.82, 2.24) is 0 Å². The zero-order valence-electron chi connectivity index (χ0n) is 10.4. The first-order valence-electron chi connectivity index (χ1n) is 5.75. The third-order valence-corrected chi connectivity index (χ3v) is 4.33. The van der Waals surface area contributed by atoms with E-state index in [-0.39, 0.29) is 5.92 Å². The Balaban J connectivity index is 2.36. The molecular formula is C14H16ClNOS. The second-order valence-electron chi connectivity index (χ2n) is 4.13. The number of ether oxygens (including phenoxy) is 1. The van der Waals surface area contributed by atoms with Crippen LogP contribution in [0.2, 0.25) is 5.02 Å². The maximum Gasteiger partial charge on any atom is 0.137 e. The molecule has 0 spiro atoms. The number of thiophene rings is 1. The molecule has 0 saturated heterocycles. The molecule has 96 valence electrons. The molecule has 1 heterocycles. The minimum absolute atomic E-state index is 0.201. The van der Waals surface area contributed by atoms with Crippen molar-refractivity contribution in [3.8, 4) is 5.75 Å². The topological polar surface area (TPSA) is 35.2 Å². The van der Waals surface area contributed by atoms with Crippen molar-refractivity contribution in [3.05, 3.63) is 50.7 Å². The summed E-state index contributed by atoms with van der Waals surface area (Å²) >= 11 is 7.94. The van der Waals surface area contributed by atoms with Crippen LogP contribution in [0.4, 0.5) is 0 Å². The second-order valence-corrected chi connectivity index (χ2v) is 5.86. The summed E-state index contributed by atoms with van der Waals surface area (Å²) in [4.78, 5) is 2.57. The molecule has 1 atom stereocenters. The third kappa shape index (κ3) is 2.69. The van der Waals surface area contributed by atoms with Crippen LogP contribution in [0, 0.1) is 6.92 Å². The molecule has 2 nitrogen and oxygen atoms in total. The molecule has 4 heteroatoms. The van der Waals surface area contributed by atoms with Gasteiger partial charge in [-0.1, -0.05) is 17.7 Å². The van der Waals surface area contributed by atoms with Crippen molar-refractivity contribution >= 4 is 22.9 Å². The van der Waals surface area contributed by atoms with Crippen molar-refractivity contribution in [2.24, 2.45) is 5.73 Å². The highest BCUT2D eigenvalue weighted by molar-refractivity contribution is 7.12. The molecule has 1 aromatic carbocycles. The van der Waals surface area contributed by atoms with Crippen molar-refractivity contribution in [1.29, 1.82) is 0 Å². The van der Waals surface area contributed by atoms with Crippen LogP contribution in [-0.2, 0) is 0 Å². The van der Waals surface area contributed by atoms with Crippen LogP contribution in [-0.4, -0.2) is 13.7 Å². The van der Waals surface area contributed by atoms with E-state index in [1.165, 1.54) is 9.75 Å². The van der Waals surface area contributed by atoms with E-state index in [2.05, 4.69) is 19.1 Å². The first-order chi connectivity index (χ1) is 8.65. The van der Waals surface area contributed by atoms with E-state index in [4.69, 9.17) is 22.1 Å². The van der Waals surface area contributed by atoms with Gasteiger partial charge in [0.1, 0.15) is 5.75 Å². The van der Waals surface area contributed by atoms with E-state index >= 15 is 0 Å². The molecule has 0 amide bonds. The number of methoxy groups -OCH3 is 1. The van der Waals surface area contributed by atoms with Gasteiger partial charge in [0.05, 0.1) is 12.1 Å². The van der Waals surface area contributed by atoms with Gasteiger partial charge in [-0.2, -0.15) is 0 Å². The molecule has 0 radical (unpaired) electrons. The summed E-state index contributed by atoms with van der Waals surface area (Å²) in [7, 11) is 1.62. The SMILES string of the molecule is COc1ccc(C(CN)c2ccc(C)s2)cc1Cl. The van der Waals surface area contributed by atoms with Crippen LogP contribution in [0.3, 0.4) is 0 Å². The summed E-state index contributed by atoms with van der Waals surface area (Å²) in [6.07, 6.45) is 0. The maximum atomic E-state index is 6.16. The minimum atomic E-state index is 0.201. The Morgan fingerprint density at radius 1 is 1.33 bits per heavy atom. The largest absolute Gasteiger partial charge is 0.495 e. The van der Waals surface area contributed by atoms with E-state index in [1.807, 2.05) is 18.2 Å². The van der Waals surface area contributed by atoms with Gasteiger partial charge in [-0.25, -0.2) is 0 Å². The normalized spacial score (nSPS) is 12.4. The number of hydrogen-bond acceptors (Lipinski definition) is 3. The van der Waals surface area contributed by atoms with E-state index in [9.17, 15) is 0 Å². The Hall–Kier alpha value is -1.03. The summed E-state index contributed by atoms with van der Waals surface area (Å²) < 4.78 is 5.16. The van der Waals surface area contributed by atoms with Gasteiger partial charge in [-0.15, -0.1) is 11.3 Å². The Kier molecular flexibility index (Phi) is 4.27. The highest BCUT2D eigenvalue weighted by atomic mass is 35.5. The fourth-order valence-corrected chi connectivity index (χ4v) is 3.24. The van der Waals surface area contributed by atoms with Gasteiger partial charge in [0.15, 0.2) is 0 Å². The highest BCUT2D eigenvalue weighted by Crippen LogP contribution is 2.33. The van der Waals surface area contributed by atoms with Crippen LogP contribution in [0.1, 0.15) is 21.2 Å². The molecule has 18 heavy (non-hydrogen) atoms. The average molecular weight is 282 g/mol. The molecule has 0 aliphatic carbocycles. The first kappa shape index (κ1) is 13.4. The van der Waals surface area contributed by atoms with Crippen LogP contribution in [0.5, 0.6) is 5.75 Å². The first-order valence-corrected chi connectivity index (χ1v) is 6.95. The highest BCUT2D eigenvalue weighted by Gasteiger charge is 2.15. The van der Waals surface area contributed by atoms with Gasteiger partial charge in [0, 0.05) is 22.2 Å². The van der Waals surface area contributed by atoms with E-state index in [0.29, 0.717) is 17.3 Å². The van der Waals surface area contributed by atoms with Crippen molar-refractivity contribution < 1.29 is 4.74 Å². The second kappa shape index (κ2) is 5.74. The summed E-state index contributed by atoms with van der Waals surface area (Å²) in [5.41, 5.74) is 7.03. The standard InChI is InChI=1S/C14H16ClNOS/c1-9-3-6-14(18-9)11(8-16)10-4-5-13(17-2)12(15)7-10/h3-7,11H,8,16H2,1-2H3. The van der Waals surface area contributed by atoms with Gasteiger partial charge in [0.25, 0.3) is 0 Å². The summed E-state index contributed by atoms with van der Waals surface area (Å²) in [5, 5.41) is 0.627. The molecule has 0 saturated carbocycles. The molecular weight excluding hydrogens is 266 g/mol. The van der Waals surface area contributed by atoms with Gasteiger partial charge in [0.2, 0.25) is 0 Å². The lowest BCUT2D eigenvalue weighted by Gasteiger charge is -2.15. The van der Waals surface area contributed by atoms with Crippen molar-refractivity contribution in [2.45, 2.75) is 12.8 Å². The maximum absolute atomic E-state index is 6.16. The number of nitrogens with two attached hydrogens (primary N) is 1. The number of benzene rings is 1. The molecule has 2 aromatic rings. The summed E-state index contributed by atoms with van der Waals surface area (Å²) in [6, 6.07) is 10.1. The van der Waals surface area contributed by atoms with Crippen molar-refractivity contribution in [2.75, 3.05) is 13.7 Å². The van der Waals surface area contributed by atoms with Crippen molar-refractivity contribution in [3.63, 3.8) is 0 Å². The zero-order valence-corrected chi connectivity index (χ0v) is 12.0. The summed E-state index contributed by atoms with van der Waals surface area (Å²) in [6.45, 7) is 2.67. The van der Waals surface area contributed by atoms with E-state index in [1.54, 1.807) is 18.4 Å². The zero-order chi connectivity index (χ0) is 13.1. The minimum Gasteiger partial charge on any atom is -0.495 e. The quantitative estimate of drug-likeness (QED) is 0.925. The number of rotatable bonds is 4. The predicted octanol–water partition coefficient (Wildman–Crippen LogP) is 3.81.